The van der Waals surface area contributed by atoms with E-state index < -0.39 is 0 Å². The van der Waals surface area contributed by atoms with Crippen molar-refractivity contribution in [3.63, 3.8) is 0 Å². The van der Waals surface area contributed by atoms with E-state index in [4.69, 9.17) is 11.6 Å². The molecule has 0 fully saturated rings. The van der Waals surface area contributed by atoms with Crippen LogP contribution in [0, 0.1) is 5.92 Å². The Morgan fingerprint density at radius 3 is 2.11 bits per heavy atom. The molecular weight excluding hydrogens is 172 g/mol. The summed E-state index contributed by atoms with van der Waals surface area (Å²) >= 11 is 5.71. The first kappa shape index (κ1) is 9.99. The molecule has 0 radical (unpaired) electrons. The molecule has 0 saturated carbocycles. The van der Waals surface area contributed by atoms with Crippen molar-refractivity contribution in [3.8, 4) is 0 Å². The normalized spacial score (nSPS) is 14.3. The van der Waals surface area contributed by atoms with Crippen molar-refractivity contribution in [2.75, 3.05) is 12.1 Å². The van der Waals surface area contributed by atoms with Crippen LogP contribution in [-0.2, 0) is 0 Å². The zero-order chi connectivity index (χ0) is 7.28. The molecule has 0 unspecified atom stereocenters. The van der Waals surface area contributed by atoms with Crippen molar-refractivity contribution < 1.29 is 0 Å². The van der Waals surface area contributed by atoms with E-state index >= 15 is 0 Å². The van der Waals surface area contributed by atoms with Gasteiger partial charge in [0.05, 0.1) is 0 Å². The van der Waals surface area contributed by atoms with Crippen LogP contribution in [0.15, 0.2) is 0 Å². The molecular formula is C6H13ClS2. The van der Waals surface area contributed by atoms with E-state index in [1.54, 1.807) is 10.8 Å². The van der Waals surface area contributed by atoms with Gasteiger partial charge >= 0.3 is 0 Å². The van der Waals surface area contributed by atoms with Gasteiger partial charge in [0.25, 0.3) is 0 Å². The van der Waals surface area contributed by atoms with Crippen LogP contribution in [0.1, 0.15) is 13.8 Å². The highest BCUT2D eigenvalue weighted by Crippen LogP contribution is 2.29. The number of halogens is 1. The Balaban J connectivity index is 3.41. The molecule has 0 rings (SSSR count). The molecule has 0 heterocycles. The third kappa shape index (κ3) is 4.40. The van der Waals surface area contributed by atoms with E-state index in [2.05, 4.69) is 20.1 Å². The number of hydrogen-bond donors (Lipinski definition) is 0. The molecule has 0 nitrogen and oxygen atoms in total. The van der Waals surface area contributed by atoms with Crippen molar-refractivity contribution in [3.05, 3.63) is 0 Å². The summed E-state index contributed by atoms with van der Waals surface area (Å²) in [5.41, 5.74) is 0. The number of rotatable bonds is 4. The fourth-order valence-corrected chi connectivity index (χ4v) is 3.34. The van der Waals surface area contributed by atoms with E-state index in [1.807, 2.05) is 10.8 Å². The molecule has 0 aliphatic rings. The molecule has 9 heavy (non-hydrogen) atoms. The number of alkyl halides is 1. The minimum absolute atomic E-state index is 0.613. The maximum atomic E-state index is 5.71. The molecule has 0 spiro atoms. The summed E-state index contributed by atoms with van der Waals surface area (Å²) in [7, 11) is 3.66. The van der Waals surface area contributed by atoms with E-state index in [1.165, 1.54) is 0 Å². The summed E-state index contributed by atoms with van der Waals surface area (Å²) in [6.45, 7) is 4.41. The van der Waals surface area contributed by atoms with Crippen molar-refractivity contribution in [1.82, 2.24) is 0 Å². The minimum atomic E-state index is 0.613. The van der Waals surface area contributed by atoms with Crippen LogP contribution in [0.3, 0.4) is 0 Å². The lowest BCUT2D eigenvalue weighted by Gasteiger charge is -2.14. The second-order valence-electron chi connectivity index (χ2n) is 2.20. The zero-order valence-corrected chi connectivity index (χ0v) is 8.45. The maximum Gasteiger partial charge on any atom is 0.0353 e. The Hall–Kier alpha value is 0.990. The molecule has 0 saturated heterocycles. The largest absolute Gasteiger partial charge is 0.125 e. The van der Waals surface area contributed by atoms with Gasteiger partial charge in [-0.05, 0) is 12.2 Å². The predicted molar refractivity (Wildman–Crippen MR) is 50.5 cm³/mol. The van der Waals surface area contributed by atoms with E-state index in [0.29, 0.717) is 11.2 Å². The van der Waals surface area contributed by atoms with Crippen LogP contribution in [0.5, 0.6) is 0 Å². The van der Waals surface area contributed by atoms with Gasteiger partial charge in [0, 0.05) is 11.1 Å². The van der Waals surface area contributed by atoms with Crippen LogP contribution >= 0.6 is 33.2 Å². The fraction of sp³-hybridized carbons (Fsp3) is 1.00. The van der Waals surface area contributed by atoms with Crippen LogP contribution in [0.4, 0.5) is 0 Å². The smallest absolute Gasteiger partial charge is 0.0353 e. The molecule has 0 aromatic carbocycles. The van der Waals surface area contributed by atoms with Crippen molar-refractivity contribution in [2.45, 2.75) is 19.1 Å². The molecule has 0 N–H and O–H groups in total. The topological polar surface area (TPSA) is 0 Å². The van der Waals surface area contributed by atoms with Crippen LogP contribution in [0.25, 0.3) is 0 Å². The van der Waals surface area contributed by atoms with Gasteiger partial charge in [-0.3, -0.25) is 0 Å². The molecule has 0 aromatic heterocycles. The summed E-state index contributed by atoms with van der Waals surface area (Å²) in [5, 5.41) is 0.613. The summed E-state index contributed by atoms with van der Waals surface area (Å²) in [6, 6.07) is 0. The van der Waals surface area contributed by atoms with Gasteiger partial charge in [0.15, 0.2) is 0 Å². The monoisotopic (exact) mass is 184 g/mol. The lowest BCUT2D eigenvalue weighted by Crippen LogP contribution is -2.11. The predicted octanol–water partition coefficient (Wildman–Crippen LogP) is 3.26. The van der Waals surface area contributed by atoms with Crippen LogP contribution in [-0.4, -0.2) is 17.4 Å². The molecule has 0 amide bonds. The summed E-state index contributed by atoms with van der Waals surface area (Å²) in [4.78, 5) is 0. The summed E-state index contributed by atoms with van der Waals surface area (Å²) < 4.78 is 0. The van der Waals surface area contributed by atoms with Crippen LogP contribution in [0.2, 0.25) is 0 Å². The summed E-state index contributed by atoms with van der Waals surface area (Å²) in [6.07, 6.45) is 2.09. The Bertz CT molecular complexity index is 66.1. The van der Waals surface area contributed by atoms with E-state index in [9.17, 15) is 0 Å². The number of hydrogen-bond acceptors (Lipinski definition) is 2. The van der Waals surface area contributed by atoms with Crippen molar-refractivity contribution in [2.24, 2.45) is 5.92 Å². The molecule has 0 aliphatic heterocycles. The first-order chi connectivity index (χ1) is 4.22. The Labute approximate surface area is 70.5 Å². The zero-order valence-electron chi connectivity index (χ0n) is 6.06. The van der Waals surface area contributed by atoms with E-state index in [0.717, 1.165) is 5.88 Å². The average Bonchev–Trinajstić information content (AvgIpc) is 1.82. The lowest BCUT2D eigenvalue weighted by atomic mass is 10.1. The SMILES string of the molecule is CSS[C@@H](CCl)C(C)C. The average molecular weight is 185 g/mol. The third-order valence-electron chi connectivity index (χ3n) is 1.12. The van der Waals surface area contributed by atoms with E-state index in [-0.39, 0.29) is 0 Å². The van der Waals surface area contributed by atoms with Gasteiger partial charge in [-0.25, -0.2) is 0 Å². The highest BCUT2D eigenvalue weighted by Gasteiger charge is 2.10. The lowest BCUT2D eigenvalue weighted by molar-refractivity contribution is 0.649. The standard InChI is InChI=1S/C6H13ClS2/c1-5(2)6(4-7)9-8-3/h5-6H,4H2,1-3H3/t6-/m0/s1. The van der Waals surface area contributed by atoms with Crippen LogP contribution < -0.4 is 0 Å². The van der Waals surface area contributed by atoms with Gasteiger partial charge in [0.1, 0.15) is 0 Å². The second kappa shape index (κ2) is 5.75. The van der Waals surface area contributed by atoms with Gasteiger partial charge in [-0.1, -0.05) is 35.4 Å². The fourth-order valence-electron chi connectivity index (χ4n) is 0.439. The third-order valence-corrected chi connectivity index (χ3v) is 4.10. The maximum absolute atomic E-state index is 5.71. The first-order valence-electron chi connectivity index (χ1n) is 2.97. The Kier molecular flexibility index (Phi) is 6.38. The Morgan fingerprint density at radius 2 is 2.00 bits per heavy atom. The minimum Gasteiger partial charge on any atom is -0.125 e. The highest BCUT2D eigenvalue weighted by atomic mass is 35.5. The Morgan fingerprint density at radius 1 is 1.44 bits per heavy atom. The van der Waals surface area contributed by atoms with Gasteiger partial charge < -0.3 is 0 Å². The van der Waals surface area contributed by atoms with Crippen molar-refractivity contribution >= 4 is 33.2 Å². The summed E-state index contributed by atoms with van der Waals surface area (Å²) in [5.74, 6) is 1.46. The molecule has 0 aliphatic carbocycles. The van der Waals surface area contributed by atoms with Crippen molar-refractivity contribution in [1.29, 1.82) is 0 Å². The second-order valence-corrected chi connectivity index (χ2v) is 5.22. The van der Waals surface area contributed by atoms with Gasteiger partial charge in [-0.2, -0.15) is 0 Å². The quantitative estimate of drug-likeness (QED) is 0.486. The van der Waals surface area contributed by atoms with Gasteiger partial charge in [0.2, 0.25) is 0 Å². The molecule has 3 heteroatoms. The first-order valence-corrected chi connectivity index (χ1v) is 6.13. The molecule has 0 bridgehead atoms. The highest BCUT2D eigenvalue weighted by molar-refractivity contribution is 8.76. The van der Waals surface area contributed by atoms with Gasteiger partial charge in [-0.15, -0.1) is 11.6 Å². The molecule has 0 aromatic rings. The molecule has 1 atom stereocenters. The molecule has 56 valence electrons.